The molecule has 92 valence electrons. The molecular formula is C11H20N2O3. The maximum Gasteiger partial charge on any atom is 0.410 e. The zero-order chi connectivity index (χ0) is 12.3. The van der Waals surface area contributed by atoms with Gasteiger partial charge in [0.05, 0.1) is 11.8 Å². The van der Waals surface area contributed by atoms with Crippen LogP contribution in [0.1, 0.15) is 40.5 Å². The van der Waals surface area contributed by atoms with E-state index in [-0.39, 0.29) is 12.1 Å². The second-order valence-electron chi connectivity index (χ2n) is 5.07. The number of hydrogen-bond donors (Lipinski definition) is 1. The van der Waals surface area contributed by atoms with E-state index >= 15 is 0 Å². The Hall–Kier alpha value is -1.26. The van der Waals surface area contributed by atoms with Crippen molar-refractivity contribution in [1.29, 1.82) is 0 Å². The van der Waals surface area contributed by atoms with Crippen LogP contribution in [0.2, 0.25) is 0 Å². The first-order valence-electron chi connectivity index (χ1n) is 5.53. The number of rotatable bonds is 1. The van der Waals surface area contributed by atoms with Crippen LogP contribution < -0.4 is 0 Å². The molecule has 5 nitrogen and oxygen atoms in total. The molecule has 1 amide bonds. The van der Waals surface area contributed by atoms with Gasteiger partial charge < -0.3 is 9.94 Å². The molecule has 0 aromatic carbocycles. The summed E-state index contributed by atoms with van der Waals surface area (Å²) in [6, 6.07) is -0.125. The first kappa shape index (κ1) is 12.8. The van der Waals surface area contributed by atoms with Gasteiger partial charge in [-0.3, -0.25) is 4.90 Å². The monoisotopic (exact) mass is 228 g/mol. The lowest BCUT2D eigenvalue weighted by Crippen LogP contribution is -2.42. The van der Waals surface area contributed by atoms with Crippen molar-refractivity contribution >= 4 is 11.8 Å². The minimum absolute atomic E-state index is 0.125. The van der Waals surface area contributed by atoms with Crippen molar-refractivity contribution in [3.63, 3.8) is 0 Å². The van der Waals surface area contributed by atoms with Gasteiger partial charge in [0.2, 0.25) is 0 Å². The Balaban J connectivity index is 2.69. The standard InChI is InChI=1S/C11H20N2O3/c1-8(12-15)9-6-5-7-13(9)10(14)16-11(2,3)4/h9,15H,5-7H2,1-4H3/b12-8+. The summed E-state index contributed by atoms with van der Waals surface area (Å²) >= 11 is 0. The number of hydrogen-bond acceptors (Lipinski definition) is 4. The van der Waals surface area contributed by atoms with Gasteiger partial charge in [-0.25, -0.2) is 4.79 Å². The summed E-state index contributed by atoms with van der Waals surface area (Å²) < 4.78 is 5.30. The molecule has 0 aliphatic carbocycles. The number of amides is 1. The van der Waals surface area contributed by atoms with E-state index in [1.54, 1.807) is 11.8 Å². The lowest BCUT2D eigenvalue weighted by Gasteiger charge is -2.28. The Morgan fingerprint density at radius 1 is 1.50 bits per heavy atom. The minimum Gasteiger partial charge on any atom is -0.444 e. The van der Waals surface area contributed by atoms with Crippen LogP contribution in [0.4, 0.5) is 4.79 Å². The summed E-state index contributed by atoms with van der Waals surface area (Å²) in [6.07, 6.45) is 1.41. The van der Waals surface area contributed by atoms with E-state index in [9.17, 15) is 4.79 Å². The molecule has 16 heavy (non-hydrogen) atoms. The number of likely N-dealkylation sites (tertiary alicyclic amines) is 1. The van der Waals surface area contributed by atoms with Crippen LogP contribution in [0.15, 0.2) is 5.16 Å². The van der Waals surface area contributed by atoms with Crippen LogP contribution in [0, 0.1) is 0 Å². The highest BCUT2D eigenvalue weighted by Gasteiger charge is 2.33. The predicted octanol–water partition coefficient (Wildman–Crippen LogP) is 2.24. The molecule has 1 fully saturated rings. The quantitative estimate of drug-likeness (QED) is 0.425. The van der Waals surface area contributed by atoms with Crippen molar-refractivity contribution in [3.05, 3.63) is 0 Å². The van der Waals surface area contributed by atoms with E-state index in [0.29, 0.717) is 12.3 Å². The largest absolute Gasteiger partial charge is 0.444 e. The Bertz CT molecular complexity index is 294. The molecule has 1 heterocycles. The van der Waals surface area contributed by atoms with Crippen LogP contribution in [-0.4, -0.2) is 40.1 Å². The van der Waals surface area contributed by atoms with Gasteiger partial charge >= 0.3 is 6.09 Å². The van der Waals surface area contributed by atoms with Gasteiger partial charge in [-0.2, -0.15) is 0 Å². The molecule has 0 bridgehead atoms. The number of nitrogens with zero attached hydrogens (tertiary/aromatic N) is 2. The van der Waals surface area contributed by atoms with Crippen molar-refractivity contribution in [2.75, 3.05) is 6.54 Å². The van der Waals surface area contributed by atoms with Crippen molar-refractivity contribution in [2.24, 2.45) is 5.16 Å². The smallest absolute Gasteiger partial charge is 0.410 e. The van der Waals surface area contributed by atoms with Gasteiger partial charge in [-0.05, 0) is 40.5 Å². The Morgan fingerprint density at radius 3 is 2.62 bits per heavy atom. The number of carbonyl (C=O) groups excluding carboxylic acids is 1. The maximum absolute atomic E-state index is 11.9. The topological polar surface area (TPSA) is 62.1 Å². The molecule has 1 rings (SSSR count). The normalized spacial score (nSPS) is 22.4. The third-order valence-electron chi connectivity index (χ3n) is 2.52. The molecule has 0 spiro atoms. The third kappa shape index (κ3) is 3.12. The lowest BCUT2D eigenvalue weighted by atomic mass is 10.1. The summed E-state index contributed by atoms with van der Waals surface area (Å²) in [7, 11) is 0. The van der Waals surface area contributed by atoms with E-state index in [1.165, 1.54) is 0 Å². The molecular weight excluding hydrogens is 208 g/mol. The first-order valence-corrected chi connectivity index (χ1v) is 5.53. The fourth-order valence-electron chi connectivity index (χ4n) is 1.81. The van der Waals surface area contributed by atoms with E-state index in [2.05, 4.69) is 5.16 Å². The maximum atomic E-state index is 11.9. The highest BCUT2D eigenvalue weighted by Crippen LogP contribution is 2.21. The third-order valence-corrected chi connectivity index (χ3v) is 2.52. The molecule has 1 atom stereocenters. The minimum atomic E-state index is -0.492. The average Bonchev–Trinajstić information content (AvgIpc) is 2.62. The van der Waals surface area contributed by atoms with Gasteiger partial charge in [0.1, 0.15) is 5.60 Å². The average molecular weight is 228 g/mol. The predicted molar refractivity (Wildman–Crippen MR) is 60.9 cm³/mol. The van der Waals surface area contributed by atoms with Crippen molar-refractivity contribution in [3.8, 4) is 0 Å². The lowest BCUT2D eigenvalue weighted by molar-refractivity contribution is 0.0264. The van der Waals surface area contributed by atoms with Crippen LogP contribution >= 0.6 is 0 Å². The first-order chi connectivity index (χ1) is 7.35. The van der Waals surface area contributed by atoms with Crippen molar-refractivity contribution in [2.45, 2.75) is 52.2 Å². The van der Waals surface area contributed by atoms with Gasteiger partial charge in [-0.1, -0.05) is 5.16 Å². The van der Waals surface area contributed by atoms with Crippen molar-refractivity contribution < 1.29 is 14.7 Å². The second kappa shape index (κ2) is 4.72. The molecule has 1 aliphatic rings. The zero-order valence-electron chi connectivity index (χ0n) is 10.4. The van der Waals surface area contributed by atoms with Crippen LogP contribution in [-0.2, 0) is 4.74 Å². The van der Waals surface area contributed by atoms with Crippen LogP contribution in [0.25, 0.3) is 0 Å². The van der Waals surface area contributed by atoms with E-state index in [1.807, 2.05) is 20.8 Å². The number of carbonyl (C=O) groups is 1. The number of ether oxygens (including phenoxy) is 1. The summed E-state index contributed by atoms with van der Waals surface area (Å²) in [4.78, 5) is 13.5. The molecule has 0 aromatic heterocycles. The highest BCUT2D eigenvalue weighted by atomic mass is 16.6. The van der Waals surface area contributed by atoms with Crippen LogP contribution in [0.3, 0.4) is 0 Å². The van der Waals surface area contributed by atoms with Gasteiger partial charge in [0.15, 0.2) is 0 Å². The SMILES string of the molecule is C/C(=N\O)C1CCCN1C(=O)OC(C)(C)C. The Labute approximate surface area is 96.1 Å². The summed E-state index contributed by atoms with van der Waals surface area (Å²) in [5.41, 5.74) is 0.0671. The fourth-order valence-corrected chi connectivity index (χ4v) is 1.81. The van der Waals surface area contributed by atoms with E-state index in [0.717, 1.165) is 12.8 Å². The molecule has 1 saturated heterocycles. The summed E-state index contributed by atoms with van der Waals surface area (Å²) in [6.45, 7) is 7.88. The summed E-state index contributed by atoms with van der Waals surface area (Å²) in [5.74, 6) is 0. The Morgan fingerprint density at radius 2 is 2.12 bits per heavy atom. The van der Waals surface area contributed by atoms with Gasteiger partial charge in [0.25, 0.3) is 0 Å². The van der Waals surface area contributed by atoms with Gasteiger partial charge in [-0.15, -0.1) is 0 Å². The summed E-state index contributed by atoms with van der Waals surface area (Å²) in [5, 5.41) is 11.9. The molecule has 0 saturated carbocycles. The van der Waals surface area contributed by atoms with E-state index in [4.69, 9.17) is 9.94 Å². The number of oxime groups is 1. The molecule has 1 unspecified atom stereocenters. The van der Waals surface area contributed by atoms with Crippen LogP contribution in [0.5, 0.6) is 0 Å². The highest BCUT2D eigenvalue weighted by molar-refractivity contribution is 5.90. The van der Waals surface area contributed by atoms with Gasteiger partial charge in [0, 0.05) is 6.54 Å². The fraction of sp³-hybridized carbons (Fsp3) is 0.818. The zero-order valence-corrected chi connectivity index (χ0v) is 10.4. The molecule has 1 N–H and O–H groups in total. The second-order valence-corrected chi connectivity index (χ2v) is 5.07. The molecule has 1 aliphatic heterocycles. The molecule has 5 heteroatoms. The molecule has 0 radical (unpaired) electrons. The van der Waals surface area contributed by atoms with E-state index < -0.39 is 5.60 Å². The van der Waals surface area contributed by atoms with Crippen molar-refractivity contribution in [1.82, 2.24) is 4.90 Å². The molecule has 0 aromatic rings. The Kier molecular flexibility index (Phi) is 3.78.